The molecule has 0 spiro atoms. The normalized spacial score (nSPS) is 22.6. The Bertz CT molecular complexity index is 900. The van der Waals surface area contributed by atoms with Gasteiger partial charge in [0.05, 0.1) is 0 Å². The summed E-state index contributed by atoms with van der Waals surface area (Å²) < 4.78 is 5.41. The first-order valence-corrected chi connectivity index (χ1v) is 9.74. The van der Waals surface area contributed by atoms with Crippen LogP contribution in [-0.2, 0) is 4.74 Å². The first-order valence-electron chi connectivity index (χ1n) is 9.74. The number of hydrogen-bond donors (Lipinski definition) is 2. The number of ether oxygens (including phenoxy) is 1. The van der Waals surface area contributed by atoms with Crippen molar-refractivity contribution in [3.05, 3.63) is 48.3 Å². The lowest BCUT2D eigenvalue weighted by atomic mass is 10.2. The summed E-state index contributed by atoms with van der Waals surface area (Å²) in [6, 6.07) is 11.2. The number of carbonyl (C=O) groups excluding carboxylic acids is 2. The molecule has 1 aromatic carbocycles. The first-order chi connectivity index (χ1) is 13.8. The number of amides is 2. The van der Waals surface area contributed by atoms with Gasteiger partial charge in [0.1, 0.15) is 11.3 Å². The van der Waals surface area contributed by atoms with Crippen molar-refractivity contribution in [2.45, 2.75) is 32.4 Å². The fraction of sp³-hybridized carbons (Fsp3) is 0.429. The maximum Gasteiger partial charge on any atom is 0.410 e. The minimum Gasteiger partial charge on any atom is -0.444 e. The maximum absolute atomic E-state index is 12.6. The van der Waals surface area contributed by atoms with E-state index in [1.807, 2.05) is 51.1 Å². The Labute approximate surface area is 169 Å². The largest absolute Gasteiger partial charge is 0.444 e. The van der Waals surface area contributed by atoms with Crippen molar-refractivity contribution >= 4 is 23.6 Å². The standard InChI is InChI=1S/C21H25N5O3/c1-21(2,3)29-20(28)26-11-14-15(12-26)17(14)25-18(27)16-9-10-22-19(24-16)23-13-7-5-4-6-8-13/h4-10,14-15,17H,11-12H2,1-3H3,(H,25,27)(H,22,23,24)/t14-,15+,17?. The van der Waals surface area contributed by atoms with Crippen molar-refractivity contribution in [3.63, 3.8) is 0 Å². The Hall–Kier alpha value is -3.16. The third kappa shape index (κ3) is 4.47. The van der Waals surface area contributed by atoms with Crippen molar-refractivity contribution < 1.29 is 14.3 Å². The number of nitrogens with zero attached hydrogens (tertiary/aromatic N) is 3. The Balaban J connectivity index is 1.31. The second kappa shape index (κ2) is 7.35. The molecule has 0 bridgehead atoms. The number of hydrogen-bond acceptors (Lipinski definition) is 6. The Morgan fingerprint density at radius 3 is 2.45 bits per heavy atom. The minimum absolute atomic E-state index is 0.0710. The van der Waals surface area contributed by atoms with E-state index in [9.17, 15) is 9.59 Å². The van der Waals surface area contributed by atoms with Crippen LogP contribution in [0.25, 0.3) is 0 Å². The first kappa shape index (κ1) is 19.2. The Kier molecular flexibility index (Phi) is 4.86. The highest BCUT2D eigenvalue weighted by molar-refractivity contribution is 5.93. The molecule has 8 nitrogen and oxygen atoms in total. The third-order valence-electron chi connectivity index (χ3n) is 5.06. The highest BCUT2D eigenvalue weighted by Crippen LogP contribution is 2.45. The van der Waals surface area contributed by atoms with Crippen LogP contribution in [0.1, 0.15) is 31.3 Å². The lowest BCUT2D eigenvalue weighted by Crippen LogP contribution is -2.40. The van der Waals surface area contributed by atoms with Gasteiger partial charge in [0.15, 0.2) is 0 Å². The number of para-hydroxylation sites is 1. The molecule has 0 radical (unpaired) electrons. The molecule has 1 saturated heterocycles. The molecule has 4 rings (SSSR count). The molecule has 152 valence electrons. The smallest absolute Gasteiger partial charge is 0.410 e. The lowest BCUT2D eigenvalue weighted by Gasteiger charge is -2.26. The minimum atomic E-state index is -0.504. The second-order valence-electron chi connectivity index (χ2n) is 8.47. The van der Waals surface area contributed by atoms with Crippen LogP contribution in [0.4, 0.5) is 16.4 Å². The van der Waals surface area contributed by atoms with E-state index in [0.29, 0.717) is 24.7 Å². The van der Waals surface area contributed by atoms with Gasteiger partial charge in [0.25, 0.3) is 5.91 Å². The van der Waals surface area contributed by atoms with Crippen LogP contribution in [0.15, 0.2) is 42.6 Å². The van der Waals surface area contributed by atoms with Gasteiger partial charge in [0, 0.05) is 42.9 Å². The van der Waals surface area contributed by atoms with Gasteiger partial charge in [-0.2, -0.15) is 0 Å². The zero-order chi connectivity index (χ0) is 20.6. The summed E-state index contributed by atoms with van der Waals surface area (Å²) in [4.78, 5) is 34.9. The number of anilines is 2. The number of nitrogens with one attached hydrogen (secondary N) is 2. The number of aromatic nitrogens is 2. The molecule has 2 amide bonds. The van der Waals surface area contributed by atoms with Gasteiger partial charge in [-0.05, 0) is 39.0 Å². The van der Waals surface area contributed by atoms with Crippen molar-refractivity contribution in [1.82, 2.24) is 20.2 Å². The maximum atomic E-state index is 12.6. The topological polar surface area (TPSA) is 96.5 Å². The summed E-state index contributed by atoms with van der Waals surface area (Å²) in [5.41, 5.74) is 0.659. The van der Waals surface area contributed by atoms with Crippen LogP contribution in [-0.4, -0.2) is 51.6 Å². The SMILES string of the molecule is CC(C)(C)OC(=O)N1C[C@@H]2C(NC(=O)c3ccnc(Nc4ccccc4)n3)[C@@H]2C1. The van der Waals surface area contributed by atoms with Crippen LogP contribution in [0.5, 0.6) is 0 Å². The van der Waals surface area contributed by atoms with Gasteiger partial charge in [0.2, 0.25) is 5.95 Å². The summed E-state index contributed by atoms with van der Waals surface area (Å²) in [6.45, 7) is 6.78. The average Bonchev–Trinajstić information content (AvgIpc) is 3.10. The van der Waals surface area contributed by atoms with E-state index >= 15 is 0 Å². The molecular formula is C21H25N5O3. The number of fused-ring (bicyclic) bond motifs is 1. The van der Waals surface area contributed by atoms with Gasteiger partial charge in [-0.1, -0.05) is 18.2 Å². The lowest BCUT2D eigenvalue weighted by molar-refractivity contribution is 0.0270. The predicted octanol–water partition coefficient (Wildman–Crippen LogP) is 2.82. The van der Waals surface area contributed by atoms with Crippen LogP contribution in [0, 0.1) is 11.8 Å². The molecule has 1 unspecified atom stereocenters. The van der Waals surface area contributed by atoms with Crippen molar-refractivity contribution in [2.24, 2.45) is 11.8 Å². The summed E-state index contributed by atoms with van der Waals surface area (Å²) in [7, 11) is 0. The van der Waals surface area contributed by atoms with Crippen LogP contribution in [0.2, 0.25) is 0 Å². The molecule has 8 heteroatoms. The molecule has 3 atom stereocenters. The molecular weight excluding hydrogens is 370 g/mol. The molecule has 1 aliphatic heterocycles. The summed E-state index contributed by atoms with van der Waals surface area (Å²) >= 11 is 0. The van der Waals surface area contributed by atoms with E-state index in [4.69, 9.17) is 4.74 Å². The molecule has 1 aliphatic carbocycles. The Morgan fingerprint density at radius 1 is 1.10 bits per heavy atom. The van der Waals surface area contributed by atoms with Gasteiger partial charge < -0.3 is 20.3 Å². The van der Waals surface area contributed by atoms with E-state index in [-0.39, 0.29) is 29.9 Å². The van der Waals surface area contributed by atoms with E-state index < -0.39 is 5.60 Å². The molecule has 2 heterocycles. The molecule has 2 aromatic rings. The monoisotopic (exact) mass is 395 g/mol. The zero-order valence-corrected chi connectivity index (χ0v) is 16.8. The number of likely N-dealkylation sites (tertiary alicyclic amines) is 1. The van der Waals surface area contributed by atoms with E-state index in [1.165, 1.54) is 0 Å². The zero-order valence-electron chi connectivity index (χ0n) is 16.8. The molecule has 2 aliphatic rings. The molecule has 1 saturated carbocycles. The van der Waals surface area contributed by atoms with Gasteiger partial charge in [-0.25, -0.2) is 14.8 Å². The number of benzene rings is 1. The molecule has 1 aromatic heterocycles. The third-order valence-corrected chi connectivity index (χ3v) is 5.06. The average molecular weight is 395 g/mol. The van der Waals surface area contributed by atoms with Crippen LogP contribution in [0.3, 0.4) is 0 Å². The number of carbonyl (C=O) groups is 2. The van der Waals surface area contributed by atoms with Gasteiger partial charge in [-0.15, -0.1) is 0 Å². The number of piperidine rings is 1. The molecule has 2 fully saturated rings. The molecule has 2 N–H and O–H groups in total. The fourth-order valence-electron chi connectivity index (χ4n) is 3.64. The van der Waals surface area contributed by atoms with Crippen molar-refractivity contribution in [1.29, 1.82) is 0 Å². The quantitative estimate of drug-likeness (QED) is 0.826. The van der Waals surface area contributed by atoms with Crippen molar-refractivity contribution in [2.75, 3.05) is 18.4 Å². The van der Waals surface area contributed by atoms with E-state index in [1.54, 1.807) is 17.2 Å². The van der Waals surface area contributed by atoms with Crippen LogP contribution < -0.4 is 10.6 Å². The van der Waals surface area contributed by atoms with Crippen molar-refractivity contribution in [3.8, 4) is 0 Å². The Morgan fingerprint density at radius 2 is 1.79 bits per heavy atom. The van der Waals surface area contributed by atoms with Gasteiger partial charge >= 0.3 is 6.09 Å². The summed E-state index contributed by atoms with van der Waals surface area (Å²) in [5.74, 6) is 0.688. The second-order valence-corrected chi connectivity index (χ2v) is 8.47. The fourth-order valence-corrected chi connectivity index (χ4v) is 3.64. The number of rotatable bonds is 4. The van der Waals surface area contributed by atoms with Gasteiger partial charge in [-0.3, -0.25) is 4.79 Å². The summed E-state index contributed by atoms with van der Waals surface area (Å²) in [6.07, 6.45) is 1.27. The molecule has 29 heavy (non-hydrogen) atoms. The van der Waals surface area contributed by atoms with E-state index in [2.05, 4.69) is 20.6 Å². The predicted molar refractivity (Wildman–Crippen MR) is 108 cm³/mol. The highest BCUT2D eigenvalue weighted by atomic mass is 16.6. The van der Waals surface area contributed by atoms with E-state index in [0.717, 1.165) is 5.69 Å². The van der Waals surface area contributed by atoms with Crippen LogP contribution >= 0.6 is 0 Å². The highest BCUT2D eigenvalue weighted by Gasteiger charge is 2.58. The summed E-state index contributed by atoms with van der Waals surface area (Å²) in [5, 5.41) is 6.12.